The molecule has 0 saturated carbocycles. The molecule has 2 aliphatic rings. The van der Waals surface area contributed by atoms with Gasteiger partial charge in [0.05, 0.1) is 20.1 Å². The topological polar surface area (TPSA) is 131 Å². The second-order valence-corrected chi connectivity index (χ2v) is 9.22. The number of fused-ring (bicyclic) bond motifs is 2. The van der Waals surface area contributed by atoms with Crippen molar-refractivity contribution in [2.24, 2.45) is 0 Å². The maximum Gasteiger partial charge on any atom is 0.336 e. The summed E-state index contributed by atoms with van der Waals surface area (Å²) < 4.78 is 21.2. The molecule has 1 atom stereocenters. The SMILES string of the molecule is COc1ccc2c(CC(=O)NC(CO)C(=O)N3CCN(Cc4ccc5c(c4)OCO5)CC3)cc(=O)oc2c1. The second-order valence-electron chi connectivity index (χ2n) is 9.22. The van der Waals surface area contributed by atoms with Gasteiger partial charge in [0.1, 0.15) is 17.4 Å². The van der Waals surface area contributed by atoms with Crippen LogP contribution in [0.1, 0.15) is 11.1 Å². The third kappa shape index (κ3) is 5.58. The molecule has 2 aliphatic heterocycles. The number of rotatable bonds is 8. The number of nitrogens with zero attached hydrogens (tertiary/aromatic N) is 2. The number of hydrogen-bond acceptors (Lipinski definition) is 9. The Hall–Kier alpha value is -4.09. The van der Waals surface area contributed by atoms with Crippen LogP contribution in [0.3, 0.4) is 0 Å². The number of hydrogen-bond donors (Lipinski definition) is 2. The number of ether oxygens (including phenoxy) is 3. The van der Waals surface area contributed by atoms with Gasteiger partial charge in [0.15, 0.2) is 11.5 Å². The zero-order valence-corrected chi connectivity index (χ0v) is 21.0. The zero-order valence-electron chi connectivity index (χ0n) is 21.0. The molecule has 1 fully saturated rings. The van der Waals surface area contributed by atoms with Crippen LogP contribution in [0.4, 0.5) is 0 Å². The molecule has 38 heavy (non-hydrogen) atoms. The highest BCUT2D eigenvalue weighted by atomic mass is 16.7. The summed E-state index contributed by atoms with van der Waals surface area (Å²) in [5.41, 5.74) is 1.25. The Morgan fingerprint density at radius 3 is 2.61 bits per heavy atom. The summed E-state index contributed by atoms with van der Waals surface area (Å²) in [5, 5.41) is 13.1. The highest BCUT2D eigenvalue weighted by Crippen LogP contribution is 2.33. The van der Waals surface area contributed by atoms with Crippen LogP contribution in [0.5, 0.6) is 17.2 Å². The second kappa shape index (κ2) is 11.1. The van der Waals surface area contributed by atoms with Crippen LogP contribution in [0.2, 0.25) is 0 Å². The number of aliphatic hydroxyl groups is 1. The van der Waals surface area contributed by atoms with Crippen LogP contribution in [0.15, 0.2) is 51.7 Å². The smallest absolute Gasteiger partial charge is 0.336 e. The highest BCUT2D eigenvalue weighted by molar-refractivity contribution is 5.91. The van der Waals surface area contributed by atoms with Crippen LogP contribution in [-0.4, -0.2) is 79.5 Å². The van der Waals surface area contributed by atoms with Gasteiger partial charge in [0.2, 0.25) is 18.6 Å². The van der Waals surface area contributed by atoms with Crippen LogP contribution < -0.4 is 25.2 Å². The first-order valence-electron chi connectivity index (χ1n) is 12.3. The van der Waals surface area contributed by atoms with Crippen LogP contribution in [-0.2, 0) is 22.6 Å². The number of methoxy groups -OCH3 is 1. The fourth-order valence-electron chi connectivity index (χ4n) is 4.73. The van der Waals surface area contributed by atoms with Crippen LogP contribution in [0, 0.1) is 0 Å². The molecule has 3 aromatic rings. The Morgan fingerprint density at radius 2 is 1.84 bits per heavy atom. The lowest BCUT2D eigenvalue weighted by Gasteiger charge is -2.36. The van der Waals surface area contributed by atoms with Crippen molar-refractivity contribution in [2.75, 3.05) is 46.7 Å². The maximum atomic E-state index is 13.1. The summed E-state index contributed by atoms with van der Waals surface area (Å²) in [6.45, 7) is 2.67. The lowest BCUT2D eigenvalue weighted by atomic mass is 10.1. The number of benzene rings is 2. The van der Waals surface area contributed by atoms with E-state index in [0.717, 1.165) is 17.1 Å². The summed E-state index contributed by atoms with van der Waals surface area (Å²) in [6.07, 6.45) is -0.151. The molecule has 11 heteroatoms. The van der Waals surface area contributed by atoms with Crippen LogP contribution in [0.25, 0.3) is 11.0 Å². The normalized spacial score (nSPS) is 15.9. The van der Waals surface area contributed by atoms with E-state index in [-0.39, 0.29) is 19.1 Å². The number of carbonyl (C=O) groups is 2. The quantitative estimate of drug-likeness (QED) is 0.414. The molecule has 0 radical (unpaired) electrons. The fourth-order valence-corrected chi connectivity index (χ4v) is 4.73. The molecule has 0 spiro atoms. The summed E-state index contributed by atoms with van der Waals surface area (Å²) in [6, 6.07) is 11.0. The first-order chi connectivity index (χ1) is 18.4. The van der Waals surface area contributed by atoms with Gasteiger partial charge < -0.3 is 34.0 Å². The van der Waals surface area contributed by atoms with Gasteiger partial charge >= 0.3 is 5.63 Å². The van der Waals surface area contributed by atoms with Crippen molar-refractivity contribution in [2.45, 2.75) is 19.0 Å². The van der Waals surface area contributed by atoms with Gasteiger partial charge in [0, 0.05) is 50.2 Å². The standard InChI is InChI=1S/C27H29N3O8/c1-35-19-3-4-20-18(12-26(33)38-23(20)13-19)11-25(32)28-21(15-31)27(34)30-8-6-29(7-9-30)14-17-2-5-22-24(10-17)37-16-36-22/h2-5,10,12-13,21,31H,6-9,11,14-16H2,1H3,(H,28,32). The number of aliphatic hydroxyl groups excluding tert-OH is 1. The van der Waals surface area contributed by atoms with Crippen molar-refractivity contribution < 1.29 is 33.3 Å². The van der Waals surface area contributed by atoms with E-state index in [1.165, 1.54) is 13.2 Å². The molecule has 1 saturated heterocycles. The van der Waals surface area contributed by atoms with Gasteiger partial charge in [-0.1, -0.05) is 6.07 Å². The summed E-state index contributed by atoms with van der Waals surface area (Å²) in [4.78, 5) is 41.8. The van der Waals surface area contributed by atoms with Crippen molar-refractivity contribution in [1.82, 2.24) is 15.1 Å². The van der Waals surface area contributed by atoms with E-state index in [2.05, 4.69) is 10.2 Å². The number of nitrogens with one attached hydrogen (secondary N) is 1. The molecule has 1 aromatic heterocycles. The predicted molar refractivity (Wildman–Crippen MR) is 136 cm³/mol. The van der Waals surface area contributed by atoms with Crippen molar-refractivity contribution in [1.29, 1.82) is 0 Å². The molecule has 0 aliphatic carbocycles. The van der Waals surface area contributed by atoms with Crippen LogP contribution >= 0.6 is 0 Å². The van der Waals surface area contributed by atoms with E-state index < -0.39 is 24.2 Å². The molecule has 11 nitrogen and oxygen atoms in total. The van der Waals surface area contributed by atoms with E-state index >= 15 is 0 Å². The summed E-state index contributed by atoms with van der Waals surface area (Å²) in [5.74, 6) is 1.17. The molecule has 5 rings (SSSR count). The van der Waals surface area contributed by atoms with Gasteiger partial charge in [-0.05, 0) is 35.4 Å². The minimum atomic E-state index is -1.07. The first kappa shape index (κ1) is 25.6. The molecular formula is C27H29N3O8. The molecule has 2 amide bonds. The van der Waals surface area contributed by atoms with E-state index in [1.54, 1.807) is 23.1 Å². The van der Waals surface area contributed by atoms with Crippen molar-refractivity contribution in [3.63, 3.8) is 0 Å². The van der Waals surface area contributed by atoms with Crippen molar-refractivity contribution >= 4 is 22.8 Å². The van der Waals surface area contributed by atoms with E-state index in [0.29, 0.717) is 55.0 Å². The molecule has 3 heterocycles. The molecule has 1 unspecified atom stereocenters. The third-order valence-corrected chi connectivity index (χ3v) is 6.73. The molecule has 2 N–H and O–H groups in total. The first-order valence-corrected chi connectivity index (χ1v) is 12.3. The summed E-state index contributed by atoms with van der Waals surface area (Å²) >= 11 is 0. The zero-order chi connectivity index (χ0) is 26.6. The molecule has 200 valence electrons. The molecule has 2 aromatic carbocycles. The Labute approximate surface area is 218 Å². The van der Waals surface area contributed by atoms with Gasteiger partial charge in [0.25, 0.3) is 0 Å². The van der Waals surface area contributed by atoms with Crippen molar-refractivity contribution in [3.05, 3.63) is 64.0 Å². The maximum absolute atomic E-state index is 13.1. The third-order valence-electron chi connectivity index (χ3n) is 6.73. The van der Waals surface area contributed by atoms with E-state index in [9.17, 15) is 19.5 Å². The van der Waals surface area contributed by atoms with E-state index in [4.69, 9.17) is 18.6 Å². The Balaban J connectivity index is 1.17. The largest absolute Gasteiger partial charge is 0.497 e. The molecular weight excluding hydrogens is 494 g/mol. The average molecular weight is 524 g/mol. The number of carbonyl (C=O) groups excluding carboxylic acids is 2. The van der Waals surface area contributed by atoms with Gasteiger partial charge in [-0.3, -0.25) is 14.5 Å². The Bertz CT molecular complexity index is 1400. The minimum Gasteiger partial charge on any atom is -0.497 e. The Morgan fingerprint density at radius 1 is 1.05 bits per heavy atom. The Kier molecular flexibility index (Phi) is 7.47. The number of amides is 2. The molecule has 0 bridgehead atoms. The summed E-state index contributed by atoms with van der Waals surface area (Å²) in [7, 11) is 1.50. The average Bonchev–Trinajstić information content (AvgIpc) is 3.39. The monoisotopic (exact) mass is 523 g/mol. The van der Waals surface area contributed by atoms with E-state index in [1.807, 2.05) is 18.2 Å². The van der Waals surface area contributed by atoms with Crippen molar-refractivity contribution in [3.8, 4) is 17.2 Å². The lowest BCUT2D eigenvalue weighted by Crippen LogP contribution is -2.56. The highest BCUT2D eigenvalue weighted by Gasteiger charge is 2.28. The van der Waals surface area contributed by atoms with Gasteiger partial charge in [-0.25, -0.2) is 4.79 Å². The fraction of sp³-hybridized carbons (Fsp3) is 0.370. The van der Waals surface area contributed by atoms with Gasteiger partial charge in [-0.2, -0.15) is 0 Å². The minimum absolute atomic E-state index is 0.151. The number of piperazine rings is 1. The predicted octanol–water partition coefficient (Wildman–Crippen LogP) is 0.894. The van der Waals surface area contributed by atoms with Gasteiger partial charge in [-0.15, -0.1) is 0 Å². The lowest BCUT2D eigenvalue weighted by molar-refractivity contribution is -0.139.